The molecule has 1 unspecified atom stereocenters. The van der Waals surface area contributed by atoms with E-state index < -0.39 is 23.5 Å². The summed E-state index contributed by atoms with van der Waals surface area (Å²) in [5.41, 5.74) is -0.516. The summed E-state index contributed by atoms with van der Waals surface area (Å²) < 4.78 is 0. The fraction of sp³-hybridized carbons (Fsp3) is 0.778. The van der Waals surface area contributed by atoms with Crippen LogP contribution in [0.4, 0.5) is 4.79 Å². The topological polar surface area (TPSA) is 98.7 Å². The Kier molecular flexibility index (Phi) is 5.07. The van der Waals surface area contributed by atoms with Crippen molar-refractivity contribution in [3.8, 4) is 0 Å². The first-order chi connectivity index (χ1) is 6.79. The number of nitrogens with one attached hydrogen (secondary N) is 2. The molecule has 4 N–H and O–H groups in total. The van der Waals surface area contributed by atoms with Gasteiger partial charge in [-0.25, -0.2) is 4.79 Å². The number of aliphatic hydroxyl groups is 1. The zero-order chi connectivity index (χ0) is 12.1. The van der Waals surface area contributed by atoms with E-state index >= 15 is 0 Å². The van der Waals surface area contributed by atoms with Crippen LogP contribution in [0.15, 0.2) is 0 Å². The molecule has 0 saturated carbocycles. The second kappa shape index (κ2) is 5.55. The second-order valence-corrected chi connectivity index (χ2v) is 4.26. The van der Waals surface area contributed by atoms with Crippen molar-refractivity contribution >= 4 is 12.0 Å². The van der Waals surface area contributed by atoms with Gasteiger partial charge >= 0.3 is 6.09 Å². The molecule has 0 radical (unpaired) electrons. The zero-order valence-corrected chi connectivity index (χ0v) is 9.20. The standard InChI is InChI=1S/C9H18N2O4/c1-9(2,3)6(11-8(14)15)7(13)10-4-5-12/h6,11-12H,4-5H2,1-3H3,(H,10,13)(H,14,15). The van der Waals surface area contributed by atoms with E-state index in [-0.39, 0.29) is 13.2 Å². The summed E-state index contributed by atoms with van der Waals surface area (Å²) in [6, 6.07) is -0.832. The van der Waals surface area contributed by atoms with Crippen molar-refractivity contribution in [3.63, 3.8) is 0 Å². The van der Waals surface area contributed by atoms with Crippen molar-refractivity contribution in [2.24, 2.45) is 5.41 Å². The van der Waals surface area contributed by atoms with Gasteiger partial charge in [-0.2, -0.15) is 0 Å². The van der Waals surface area contributed by atoms with E-state index in [1.54, 1.807) is 20.8 Å². The van der Waals surface area contributed by atoms with E-state index in [0.29, 0.717) is 0 Å². The Morgan fingerprint density at radius 1 is 1.33 bits per heavy atom. The summed E-state index contributed by atoms with van der Waals surface area (Å²) in [6.07, 6.45) is -1.24. The lowest BCUT2D eigenvalue weighted by Crippen LogP contribution is -2.53. The van der Waals surface area contributed by atoms with E-state index in [4.69, 9.17) is 10.2 Å². The van der Waals surface area contributed by atoms with Gasteiger partial charge in [0.25, 0.3) is 0 Å². The van der Waals surface area contributed by atoms with Gasteiger partial charge in [0.2, 0.25) is 5.91 Å². The summed E-state index contributed by atoms with van der Waals surface area (Å²) in [5.74, 6) is -0.432. The van der Waals surface area contributed by atoms with Gasteiger partial charge in [0.1, 0.15) is 6.04 Å². The SMILES string of the molecule is CC(C)(C)C(NC(=O)O)C(=O)NCCO. The van der Waals surface area contributed by atoms with Crippen LogP contribution in [0.25, 0.3) is 0 Å². The third-order valence-electron chi connectivity index (χ3n) is 1.81. The quantitative estimate of drug-likeness (QED) is 0.524. The predicted molar refractivity (Wildman–Crippen MR) is 54.5 cm³/mol. The van der Waals surface area contributed by atoms with Crippen molar-refractivity contribution in [3.05, 3.63) is 0 Å². The van der Waals surface area contributed by atoms with Crippen LogP contribution in [0.2, 0.25) is 0 Å². The molecule has 0 aromatic heterocycles. The maximum atomic E-state index is 11.5. The fourth-order valence-electron chi connectivity index (χ4n) is 1.08. The van der Waals surface area contributed by atoms with Gasteiger partial charge in [0.05, 0.1) is 6.61 Å². The Morgan fingerprint density at radius 2 is 1.87 bits per heavy atom. The summed E-state index contributed by atoms with van der Waals surface area (Å²) in [7, 11) is 0. The zero-order valence-electron chi connectivity index (χ0n) is 9.20. The first kappa shape index (κ1) is 13.7. The monoisotopic (exact) mass is 218 g/mol. The van der Waals surface area contributed by atoms with Crippen molar-refractivity contribution in [2.45, 2.75) is 26.8 Å². The Hall–Kier alpha value is -1.30. The molecule has 0 fully saturated rings. The van der Waals surface area contributed by atoms with Crippen molar-refractivity contribution < 1.29 is 19.8 Å². The molecule has 0 aliphatic carbocycles. The third-order valence-corrected chi connectivity index (χ3v) is 1.81. The highest BCUT2D eigenvalue weighted by molar-refractivity contribution is 5.85. The lowest BCUT2D eigenvalue weighted by Gasteiger charge is -2.29. The molecular weight excluding hydrogens is 200 g/mol. The van der Waals surface area contributed by atoms with Crippen molar-refractivity contribution in [2.75, 3.05) is 13.2 Å². The summed E-state index contributed by atoms with van der Waals surface area (Å²) in [4.78, 5) is 22.0. The van der Waals surface area contributed by atoms with Gasteiger partial charge in [0.15, 0.2) is 0 Å². The molecule has 0 rings (SSSR count). The van der Waals surface area contributed by atoms with Crippen LogP contribution in [-0.2, 0) is 4.79 Å². The molecule has 0 aromatic rings. The van der Waals surface area contributed by atoms with Crippen LogP contribution in [-0.4, -0.2) is 41.4 Å². The summed E-state index contributed by atoms with van der Waals surface area (Å²) >= 11 is 0. The summed E-state index contributed by atoms with van der Waals surface area (Å²) in [6.45, 7) is 5.22. The Balaban J connectivity index is 4.49. The van der Waals surface area contributed by atoms with Crippen molar-refractivity contribution in [1.29, 1.82) is 0 Å². The van der Waals surface area contributed by atoms with Crippen LogP contribution in [0.1, 0.15) is 20.8 Å². The number of aliphatic hydroxyl groups excluding tert-OH is 1. The Labute approximate surface area is 88.7 Å². The lowest BCUT2D eigenvalue weighted by atomic mass is 9.86. The number of hydrogen-bond acceptors (Lipinski definition) is 3. The third kappa shape index (κ3) is 5.21. The molecule has 88 valence electrons. The molecule has 0 aliphatic heterocycles. The normalized spacial score (nSPS) is 13.1. The molecule has 0 spiro atoms. The smallest absolute Gasteiger partial charge is 0.405 e. The van der Waals surface area contributed by atoms with Crippen LogP contribution >= 0.6 is 0 Å². The highest BCUT2D eigenvalue weighted by Gasteiger charge is 2.32. The number of carbonyl (C=O) groups is 2. The maximum Gasteiger partial charge on any atom is 0.405 e. The first-order valence-corrected chi connectivity index (χ1v) is 4.67. The van der Waals surface area contributed by atoms with E-state index in [0.717, 1.165) is 0 Å². The van der Waals surface area contributed by atoms with Crippen LogP contribution in [0.5, 0.6) is 0 Å². The minimum Gasteiger partial charge on any atom is -0.465 e. The fourth-order valence-corrected chi connectivity index (χ4v) is 1.08. The first-order valence-electron chi connectivity index (χ1n) is 4.67. The van der Waals surface area contributed by atoms with E-state index in [1.165, 1.54) is 0 Å². The van der Waals surface area contributed by atoms with E-state index in [1.807, 2.05) is 0 Å². The molecule has 6 heteroatoms. The summed E-state index contributed by atoms with van der Waals surface area (Å²) in [5, 5.41) is 21.7. The molecule has 0 heterocycles. The van der Waals surface area contributed by atoms with Gasteiger partial charge < -0.3 is 20.8 Å². The molecule has 0 bridgehead atoms. The van der Waals surface area contributed by atoms with Crippen LogP contribution < -0.4 is 10.6 Å². The predicted octanol–water partition coefficient (Wildman–Crippen LogP) is -0.223. The molecule has 15 heavy (non-hydrogen) atoms. The van der Waals surface area contributed by atoms with Gasteiger partial charge in [-0.05, 0) is 5.41 Å². The highest BCUT2D eigenvalue weighted by Crippen LogP contribution is 2.19. The average molecular weight is 218 g/mol. The lowest BCUT2D eigenvalue weighted by molar-refractivity contribution is -0.125. The molecule has 0 aromatic carbocycles. The number of carboxylic acid groups (broad SMARTS) is 1. The van der Waals surface area contributed by atoms with E-state index in [2.05, 4.69) is 10.6 Å². The van der Waals surface area contributed by atoms with Gasteiger partial charge in [-0.15, -0.1) is 0 Å². The molecule has 0 saturated heterocycles. The molecule has 2 amide bonds. The number of carbonyl (C=O) groups excluding carboxylic acids is 1. The number of hydrogen-bond donors (Lipinski definition) is 4. The van der Waals surface area contributed by atoms with Crippen molar-refractivity contribution in [1.82, 2.24) is 10.6 Å². The van der Waals surface area contributed by atoms with Crippen LogP contribution in [0.3, 0.4) is 0 Å². The molecule has 6 nitrogen and oxygen atoms in total. The Bertz CT molecular complexity index is 235. The second-order valence-electron chi connectivity index (χ2n) is 4.26. The largest absolute Gasteiger partial charge is 0.465 e. The van der Waals surface area contributed by atoms with Crippen LogP contribution in [0, 0.1) is 5.41 Å². The maximum absolute atomic E-state index is 11.5. The number of amides is 2. The highest BCUT2D eigenvalue weighted by atomic mass is 16.4. The van der Waals surface area contributed by atoms with E-state index in [9.17, 15) is 9.59 Å². The molecule has 0 aliphatic rings. The van der Waals surface area contributed by atoms with Gasteiger partial charge in [0, 0.05) is 6.54 Å². The Morgan fingerprint density at radius 3 is 2.20 bits per heavy atom. The minimum absolute atomic E-state index is 0.118. The van der Waals surface area contributed by atoms with Gasteiger partial charge in [-0.1, -0.05) is 20.8 Å². The molecular formula is C9H18N2O4. The number of rotatable bonds is 4. The minimum atomic E-state index is -1.24. The van der Waals surface area contributed by atoms with Gasteiger partial charge in [-0.3, -0.25) is 4.79 Å². The molecule has 1 atom stereocenters. The average Bonchev–Trinajstić information content (AvgIpc) is 2.08.